The highest BCUT2D eigenvalue weighted by Gasteiger charge is 2.30. The summed E-state index contributed by atoms with van der Waals surface area (Å²) >= 11 is 0. The molecule has 0 atom stereocenters. The van der Waals surface area contributed by atoms with Gasteiger partial charge in [-0.25, -0.2) is 0 Å². The van der Waals surface area contributed by atoms with E-state index in [1.54, 1.807) is 57.8 Å². The van der Waals surface area contributed by atoms with Crippen molar-refractivity contribution in [3.63, 3.8) is 0 Å². The van der Waals surface area contributed by atoms with Crippen molar-refractivity contribution in [3.05, 3.63) is 0 Å². The Bertz CT molecular complexity index is 266. The molecule has 0 amide bonds. The second kappa shape index (κ2) is 11.5. The summed E-state index contributed by atoms with van der Waals surface area (Å²) in [6.07, 6.45) is 25.8. The first-order valence-corrected chi connectivity index (χ1v) is 11.3. The van der Waals surface area contributed by atoms with E-state index >= 15 is 0 Å². The van der Waals surface area contributed by atoms with Gasteiger partial charge in [0.05, 0.1) is 0 Å². The van der Waals surface area contributed by atoms with Gasteiger partial charge in [0, 0.05) is 0 Å². The fourth-order valence-electron chi connectivity index (χ4n) is 5.41. The maximum atomic E-state index is 2.39. The first-order valence-electron chi connectivity index (χ1n) is 11.3. The molecule has 0 spiro atoms. The molecular weight excluding hydrogens is 276 g/mol. The molecule has 2 saturated carbocycles. The van der Waals surface area contributed by atoms with Gasteiger partial charge in [-0.3, -0.25) is 0 Å². The normalized spacial score (nSPS) is 32.1. The highest BCUT2D eigenvalue weighted by atomic mass is 14.4. The van der Waals surface area contributed by atoms with Crippen LogP contribution in [-0.2, 0) is 0 Å². The van der Waals surface area contributed by atoms with Crippen LogP contribution in [0.4, 0.5) is 0 Å². The summed E-state index contributed by atoms with van der Waals surface area (Å²) in [6, 6.07) is 0. The summed E-state index contributed by atoms with van der Waals surface area (Å²) in [7, 11) is 0. The van der Waals surface area contributed by atoms with Crippen molar-refractivity contribution in [2.24, 2.45) is 23.7 Å². The Morgan fingerprint density at radius 3 is 1.52 bits per heavy atom. The van der Waals surface area contributed by atoms with Crippen molar-refractivity contribution >= 4 is 0 Å². The van der Waals surface area contributed by atoms with Crippen molar-refractivity contribution in [3.8, 4) is 0 Å². The van der Waals surface area contributed by atoms with Crippen LogP contribution in [-0.4, -0.2) is 0 Å². The average molecular weight is 321 g/mol. The summed E-state index contributed by atoms with van der Waals surface area (Å²) in [5.74, 6) is 4.38. The van der Waals surface area contributed by atoms with Crippen molar-refractivity contribution in [1.29, 1.82) is 0 Å². The monoisotopic (exact) mass is 320 g/mol. The van der Waals surface area contributed by atoms with Gasteiger partial charge in [0.25, 0.3) is 0 Å². The molecule has 0 heterocycles. The van der Waals surface area contributed by atoms with Crippen molar-refractivity contribution in [2.45, 2.75) is 123 Å². The molecule has 0 aromatic carbocycles. The minimum Gasteiger partial charge on any atom is -0.0654 e. The molecule has 0 heteroatoms. The fourth-order valence-corrected chi connectivity index (χ4v) is 5.41. The summed E-state index contributed by atoms with van der Waals surface area (Å²) in [5.41, 5.74) is 0. The van der Waals surface area contributed by atoms with Gasteiger partial charge in [0.1, 0.15) is 0 Å². The molecule has 23 heavy (non-hydrogen) atoms. The molecule has 136 valence electrons. The number of unbranched alkanes of at least 4 members (excludes halogenated alkanes) is 6. The highest BCUT2D eigenvalue weighted by molar-refractivity contribution is 4.81. The second-order valence-corrected chi connectivity index (χ2v) is 8.88. The summed E-state index contributed by atoms with van der Waals surface area (Å²) < 4.78 is 0. The van der Waals surface area contributed by atoms with E-state index in [0.717, 1.165) is 23.7 Å². The summed E-state index contributed by atoms with van der Waals surface area (Å²) in [6.45, 7) is 4.70. The molecular formula is C23H44. The highest BCUT2D eigenvalue weighted by Crippen LogP contribution is 2.42. The summed E-state index contributed by atoms with van der Waals surface area (Å²) in [5, 5.41) is 0. The smallest absolute Gasteiger partial charge is 0.0386 e. The van der Waals surface area contributed by atoms with Gasteiger partial charge in [0.15, 0.2) is 0 Å². The van der Waals surface area contributed by atoms with Gasteiger partial charge < -0.3 is 0 Å². The van der Waals surface area contributed by atoms with Gasteiger partial charge in [-0.2, -0.15) is 0 Å². The third-order valence-electron chi connectivity index (χ3n) is 7.24. The lowest BCUT2D eigenvalue weighted by molar-refractivity contribution is 0.141. The zero-order valence-corrected chi connectivity index (χ0v) is 16.3. The molecule has 0 aliphatic heterocycles. The van der Waals surface area contributed by atoms with Crippen LogP contribution in [0.5, 0.6) is 0 Å². The van der Waals surface area contributed by atoms with Crippen LogP contribution in [0.1, 0.15) is 123 Å². The van der Waals surface area contributed by atoms with E-state index in [4.69, 9.17) is 0 Å². The minimum absolute atomic E-state index is 1.07. The van der Waals surface area contributed by atoms with Gasteiger partial charge in [-0.1, -0.05) is 97.3 Å². The lowest BCUT2D eigenvalue weighted by Gasteiger charge is -2.37. The molecule has 2 aliphatic carbocycles. The number of hydrogen-bond acceptors (Lipinski definition) is 0. The molecule has 0 aromatic heterocycles. The third kappa shape index (κ3) is 7.18. The van der Waals surface area contributed by atoms with Crippen molar-refractivity contribution in [1.82, 2.24) is 0 Å². The van der Waals surface area contributed by atoms with E-state index < -0.39 is 0 Å². The fraction of sp³-hybridized carbons (Fsp3) is 1.00. The van der Waals surface area contributed by atoms with Crippen molar-refractivity contribution in [2.75, 3.05) is 0 Å². The maximum absolute atomic E-state index is 2.39. The zero-order chi connectivity index (χ0) is 16.3. The molecule has 2 rings (SSSR count). The van der Waals surface area contributed by atoms with Crippen LogP contribution in [0.25, 0.3) is 0 Å². The molecule has 0 bridgehead atoms. The Morgan fingerprint density at radius 2 is 1.00 bits per heavy atom. The van der Waals surface area contributed by atoms with E-state index in [2.05, 4.69) is 13.8 Å². The Labute approximate surface area is 147 Å². The predicted molar refractivity (Wildman–Crippen MR) is 104 cm³/mol. The molecule has 0 unspecified atom stereocenters. The van der Waals surface area contributed by atoms with Crippen LogP contribution in [0.15, 0.2) is 0 Å². The van der Waals surface area contributed by atoms with Gasteiger partial charge in [0.2, 0.25) is 0 Å². The van der Waals surface area contributed by atoms with Crippen LogP contribution < -0.4 is 0 Å². The summed E-state index contributed by atoms with van der Waals surface area (Å²) in [4.78, 5) is 0. The number of rotatable bonds is 10. The second-order valence-electron chi connectivity index (χ2n) is 8.88. The lowest BCUT2D eigenvalue weighted by Crippen LogP contribution is -2.25. The first-order chi connectivity index (χ1) is 11.3. The van der Waals surface area contributed by atoms with E-state index in [1.165, 1.54) is 51.4 Å². The Kier molecular flexibility index (Phi) is 9.69. The largest absolute Gasteiger partial charge is 0.0654 e. The Hall–Kier alpha value is 0. The molecule has 2 fully saturated rings. The van der Waals surface area contributed by atoms with E-state index in [-0.39, 0.29) is 0 Å². The molecule has 0 nitrogen and oxygen atoms in total. The SMILES string of the molecule is CCCCCCCCCC1CCC(C2CCC(CC)CC2)CC1. The van der Waals surface area contributed by atoms with Crippen LogP contribution in [0.3, 0.4) is 0 Å². The third-order valence-corrected chi connectivity index (χ3v) is 7.24. The average Bonchev–Trinajstić information content (AvgIpc) is 2.61. The standard InChI is InChI=1S/C23H44/c1-3-5-6-7-8-9-10-11-21-14-18-23(19-15-21)22-16-12-20(4-2)13-17-22/h20-23H,3-19H2,1-2H3. The minimum atomic E-state index is 1.07. The number of hydrogen-bond donors (Lipinski definition) is 0. The van der Waals surface area contributed by atoms with Crippen LogP contribution >= 0.6 is 0 Å². The topological polar surface area (TPSA) is 0 Å². The maximum Gasteiger partial charge on any atom is -0.0386 e. The van der Waals surface area contributed by atoms with Crippen molar-refractivity contribution < 1.29 is 0 Å². The van der Waals surface area contributed by atoms with Gasteiger partial charge in [-0.05, 0) is 49.4 Å². The van der Waals surface area contributed by atoms with Gasteiger partial charge in [-0.15, -0.1) is 0 Å². The molecule has 0 saturated heterocycles. The van der Waals surface area contributed by atoms with E-state index in [0.29, 0.717) is 0 Å². The van der Waals surface area contributed by atoms with Gasteiger partial charge >= 0.3 is 0 Å². The Morgan fingerprint density at radius 1 is 0.522 bits per heavy atom. The molecule has 0 radical (unpaired) electrons. The van der Waals surface area contributed by atoms with Crippen LogP contribution in [0.2, 0.25) is 0 Å². The van der Waals surface area contributed by atoms with E-state index in [1.807, 2.05) is 0 Å². The zero-order valence-electron chi connectivity index (χ0n) is 16.3. The first kappa shape index (κ1) is 19.3. The van der Waals surface area contributed by atoms with Crippen LogP contribution in [0, 0.1) is 23.7 Å². The Balaban J connectivity index is 1.49. The molecule has 0 N–H and O–H groups in total. The molecule has 2 aliphatic rings. The quantitative estimate of drug-likeness (QED) is 0.356. The predicted octanol–water partition coefficient (Wildman–Crippen LogP) is 8.15. The van der Waals surface area contributed by atoms with E-state index in [9.17, 15) is 0 Å². The lowest BCUT2D eigenvalue weighted by atomic mass is 9.68. The molecule has 0 aromatic rings.